The van der Waals surface area contributed by atoms with Crippen molar-refractivity contribution in [1.82, 2.24) is 15.5 Å². The second-order valence-electron chi connectivity index (χ2n) is 8.37. The summed E-state index contributed by atoms with van der Waals surface area (Å²) in [6, 6.07) is 7.22. The monoisotopic (exact) mass is 475 g/mol. The van der Waals surface area contributed by atoms with Crippen LogP contribution in [0.15, 0.2) is 46.9 Å². The molecule has 1 aromatic rings. The van der Waals surface area contributed by atoms with Crippen molar-refractivity contribution in [1.29, 1.82) is 0 Å². The summed E-state index contributed by atoms with van der Waals surface area (Å²) in [6.07, 6.45) is 4.42. The number of benzene rings is 1. The molecule has 0 aliphatic carbocycles. The topological polar surface area (TPSA) is 79.9 Å². The van der Waals surface area contributed by atoms with Crippen molar-refractivity contribution in [3.8, 4) is 0 Å². The second-order valence-corrected chi connectivity index (χ2v) is 8.81. The maximum atomic E-state index is 13.3. The van der Waals surface area contributed by atoms with Gasteiger partial charge in [0.15, 0.2) is 0 Å². The first-order chi connectivity index (χ1) is 15.9. The van der Waals surface area contributed by atoms with Crippen LogP contribution in [-0.4, -0.2) is 49.8 Å². The highest BCUT2D eigenvalue weighted by Gasteiger charge is 2.40. The van der Waals surface area contributed by atoms with Gasteiger partial charge in [-0.3, -0.25) is 4.90 Å². The lowest BCUT2D eigenvalue weighted by Crippen LogP contribution is -2.48. The van der Waals surface area contributed by atoms with E-state index in [2.05, 4.69) is 22.6 Å². The predicted octanol–water partition coefficient (Wildman–Crippen LogP) is 4.06. The number of likely N-dealkylation sites (tertiary alicyclic amines) is 1. The fourth-order valence-corrected chi connectivity index (χ4v) is 4.67. The fourth-order valence-electron chi connectivity index (χ4n) is 4.47. The first kappa shape index (κ1) is 25.1. The lowest BCUT2D eigenvalue weighted by atomic mass is 9.81. The maximum absolute atomic E-state index is 13.3. The number of dihydropyridines is 1. The minimum Gasteiger partial charge on any atom is -0.463 e. The normalized spacial score (nSPS) is 21.8. The molecule has 2 N–H and O–H groups in total. The smallest absolute Gasteiger partial charge is 0.338 e. The van der Waals surface area contributed by atoms with Crippen LogP contribution in [0.5, 0.6) is 0 Å². The van der Waals surface area contributed by atoms with Gasteiger partial charge < -0.3 is 20.1 Å². The first-order valence-electron chi connectivity index (χ1n) is 11.7. The third-order valence-corrected chi connectivity index (χ3v) is 6.30. The number of halogens is 1. The molecule has 1 fully saturated rings. The first-order valence-corrected chi connectivity index (χ1v) is 12.0. The summed E-state index contributed by atoms with van der Waals surface area (Å²) in [6.45, 7) is 6.77. The third-order valence-electron chi connectivity index (χ3n) is 6.07. The van der Waals surface area contributed by atoms with Gasteiger partial charge in [-0.15, -0.1) is 0 Å². The Bertz CT molecular complexity index is 943. The van der Waals surface area contributed by atoms with Crippen LogP contribution < -0.4 is 10.6 Å². The summed E-state index contributed by atoms with van der Waals surface area (Å²) in [4.78, 5) is 28.6. The Kier molecular flexibility index (Phi) is 8.80. The van der Waals surface area contributed by atoms with Gasteiger partial charge in [-0.05, 0) is 64.9 Å². The number of hydrogen-bond acceptors (Lipinski definition) is 7. The van der Waals surface area contributed by atoms with Crippen LogP contribution in [0.1, 0.15) is 57.9 Å². The summed E-state index contributed by atoms with van der Waals surface area (Å²) in [5, 5.41) is 7.35. The Morgan fingerprint density at radius 2 is 1.82 bits per heavy atom. The fraction of sp³-hybridized carbons (Fsp3) is 0.520. The van der Waals surface area contributed by atoms with E-state index in [1.807, 2.05) is 19.1 Å². The number of hydrogen-bond donors (Lipinski definition) is 2. The van der Waals surface area contributed by atoms with Gasteiger partial charge in [-0.2, -0.15) is 0 Å². The minimum atomic E-state index is -0.679. The van der Waals surface area contributed by atoms with Crippen LogP contribution in [0.4, 0.5) is 0 Å². The highest BCUT2D eigenvalue weighted by molar-refractivity contribution is 6.30. The number of nitrogens with one attached hydrogen (secondary N) is 2. The van der Waals surface area contributed by atoms with E-state index in [0.717, 1.165) is 31.4 Å². The van der Waals surface area contributed by atoms with E-state index in [1.54, 1.807) is 26.0 Å². The zero-order chi connectivity index (χ0) is 24.0. The predicted molar refractivity (Wildman–Crippen MR) is 128 cm³/mol. The molecule has 0 spiro atoms. The summed E-state index contributed by atoms with van der Waals surface area (Å²) in [7, 11) is 2.08. The maximum Gasteiger partial charge on any atom is 0.338 e. The third kappa shape index (κ3) is 5.89. The zero-order valence-electron chi connectivity index (χ0n) is 19.9. The Morgan fingerprint density at radius 3 is 2.48 bits per heavy atom. The van der Waals surface area contributed by atoms with E-state index in [0.29, 0.717) is 27.7 Å². The molecule has 8 heteroatoms. The molecule has 2 unspecified atom stereocenters. The molecule has 2 heterocycles. The average molecular weight is 476 g/mol. The minimum absolute atomic E-state index is 0.0522. The van der Waals surface area contributed by atoms with Crippen molar-refractivity contribution in [2.45, 2.75) is 58.5 Å². The van der Waals surface area contributed by atoms with Crippen molar-refractivity contribution in [2.24, 2.45) is 0 Å². The largest absolute Gasteiger partial charge is 0.463 e. The van der Waals surface area contributed by atoms with E-state index in [4.69, 9.17) is 21.1 Å². The van der Waals surface area contributed by atoms with Gasteiger partial charge >= 0.3 is 11.9 Å². The van der Waals surface area contributed by atoms with Crippen molar-refractivity contribution >= 4 is 23.5 Å². The molecule has 2 aliphatic heterocycles. The van der Waals surface area contributed by atoms with Crippen molar-refractivity contribution in [3.05, 3.63) is 57.5 Å². The van der Waals surface area contributed by atoms with E-state index < -0.39 is 17.9 Å². The molecule has 0 amide bonds. The van der Waals surface area contributed by atoms with Gasteiger partial charge in [-0.25, -0.2) is 9.59 Å². The lowest BCUT2D eigenvalue weighted by molar-refractivity contribution is -0.139. The molecule has 0 bridgehead atoms. The highest BCUT2D eigenvalue weighted by Crippen LogP contribution is 2.39. The zero-order valence-corrected chi connectivity index (χ0v) is 20.6. The molecule has 2 aliphatic rings. The molecule has 3 rings (SSSR count). The van der Waals surface area contributed by atoms with Crippen LogP contribution >= 0.6 is 11.6 Å². The summed E-state index contributed by atoms with van der Waals surface area (Å²) >= 11 is 6.30. The Morgan fingerprint density at radius 1 is 1.12 bits per heavy atom. The van der Waals surface area contributed by atoms with Crippen LogP contribution in [-0.2, 0) is 19.1 Å². The molecule has 7 nitrogen and oxygen atoms in total. The van der Waals surface area contributed by atoms with E-state index in [1.165, 1.54) is 6.42 Å². The number of nitrogens with zero attached hydrogens (tertiary/aromatic N) is 1. The number of carbonyl (C=O) groups excluding carboxylic acids is 2. The van der Waals surface area contributed by atoms with E-state index in [9.17, 15) is 9.59 Å². The Balaban J connectivity index is 2.15. The lowest BCUT2D eigenvalue weighted by Gasteiger charge is -2.35. The average Bonchev–Trinajstić information content (AvgIpc) is 2.97. The molecular formula is C25H34ClN3O4. The molecule has 2 atom stereocenters. The molecule has 0 saturated carbocycles. The second kappa shape index (κ2) is 11.6. The van der Waals surface area contributed by atoms with E-state index >= 15 is 0 Å². The van der Waals surface area contributed by atoms with Crippen LogP contribution in [0.25, 0.3) is 0 Å². The van der Waals surface area contributed by atoms with Gasteiger partial charge in [-0.1, -0.05) is 36.6 Å². The molecule has 33 heavy (non-hydrogen) atoms. The molecule has 1 aromatic carbocycles. The van der Waals surface area contributed by atoms with Crippen LogP contribution in [0.2, 0.25) is 5.02 Å². The van der Waals surface area contributed by atoms with Gasteiger partial charge in [0.05, 0.1) is 36.4 Å². The summed E-state index contributed by atoms with van der Waals surface area (Å²) in [5.74, 6) is -1.08. The number of esters is 2. The quantitative estimate of drug-likeness (QED) is 0.575. The van der Waals surface area contributed by atoms with Crippen molar-refractivity contribution < 1.29 is 19.1 Å². The standard InChI is InChI=1S/C25H34ClN3O4/c1-5-32-24(30)20-16(3)27-23(28-19-13-8-7-9-14-29(19)4)22(25(31)33-6-2)21(20)17-11-10-12-18(26)15-17/h10-12,15,19,21,27-28H,5-9,13-14H2,1-4H3. The summed E-state index contributed by atoms with van der Waals surface area (Å²) in [5.41, 5.74) is 2.08. The SMILES string of the molecule is CCOC(=O)C1=C(C)NC(NC2CCCCCN2C)=C(C(=O)OCC)C1c1cccc(Cl)c1. The van der Waals surface area contributed by atoms with Crippen molar-refractivity contribution in [3.63, 3.8) is 0 Å². The Hall–Kier alpha value is -2.51. The van der Waals surface area contributed by atoms with Gasteiger partial charge in [0.25, 0.3) is 0 Å². The molecule has 1 saturated heterocycles. The Labute approximate surface area is 201 Å². The number of ether oxygens (including phenoxy) is 2. The highest BCUT2D eigenvalue weighted by atomic mass is 35.5. The van der Waals surface area contributed by atoms with E-state index in [-0.39, 0.29) is 19.4 Å². The van der Waals surface area contributed by atoms with Crippen LogP contribution in [0, 0.1) is 0 Å². The number of allylic oxidation sites excluding steroid dienone is 1. The van der Waals surface area contributed by atoms with Gasteiger partial charge in [0, 0.05) is 10.7 Å². The van der Waals surface area contributed by atoms with Gasteiger partial charge in [0.2, 0.25) is 0 Å². The molecule has 0 radical (unpaired) electrons. The number of carbonyl (C=O) groups is 2. The molecular weight excluding hydrogens is 442 g/mol. The van der Waals surface area contributed by atoms with Crippen molar-refractivity contribution in [2.75, 3.05) is 26.8 Å². The molecule has 180 valence electrons. The van der Waals surface area contributed by atoms with Crippen LogP contribution in [0.3, 0.4) is 0 Å². The summed E-state index contributed by atoms with van der Waals surface area (Å²) < 4.78 is 10.8. The van der Waals surface area contributed by atoms with Gasteiger partial charge in [0.1, 0.15) is 5.82 Å². The molecule has 0 aromatic heterocycles. The number of rotatable bonds is 7.